The van der Waals surface area contributed by atoms with Gasteiger partial charge in [0.15, 0.2) is 5.43 Å². The van der Waals surface area contributed by atoms with Gasteiger partial charge in [-0.1, -0.05) is 31.2 Å². The van der Waals surface area contributed by atoms with Gasteiger partial charge in [-0.25, -0.2) is 0 Å². The summed E-state index contributed by atoms with van der Waals surface area (Å²) in [5, 5.41) is 0.506. The second kappa shape index (κ2) is 10.2. The van der Waals surface area contributed by atoms with Gasteiger partial charge in [-0.2, -0.15) is 0 Å². The van der Waals surface area contributed by atoms with Crippen molar-refractivity contribution in [2.75, 3.05) is 32.8 Å². The number of hydrogen-bond donors (Lipinski definition) is 1. The van der Waals surface area contributed by atoms with Crippen LogP contribution >= 0.6 is 0 Å². The molecule has 1 amide bonds. The lowest BCUT2D eigenvalue weighted by Gasteiger charge is -2.26. The van der Waals surface area contributed by atoms with Gasteiger partial charge in [0.05, 0.1) is 43.2 Å². The van der Waals surface area contributed by atoms with E-state index in [0.29, 0.717) is 29.7 Å². The van der Waals surface area contributed by atoms with Crippen LogP contribution in [0.3, 0.4) is 0 Å². The van der Waals surface area contributed by atoms with Crippen LogP contribution in [0.15, 0.2) is 57.7 Å². The van der Waals surface area contributed by atoms with Crippen molar-refractivity contribution in [1.82, 2.24) is 4.90 Å². The van der Waals surface area contributed by atoms with Crippen LogP contribution in [0.25, 0.3) is 11.0 Å². The highest BCUT2D eigenvalue weighted by molar-refractivity contribution is 5.99. The Morgan fingerprint density at radius 1 is 1.00 bits per heavy atom. The van der Waals surface area contributed by atoms with E-state index in [4.69, 9.17) is 9.15 Å². The Hall–Kier alpha value is -3.12. The minimum atomic E-state index is -0.458. The molecule has 1 aliphatic rings. The average molecular weight is 450 g/mol. The molecule has 2 heterocycles. The molecule has 174 valence electrons. The summed E-state index contributed by atoms with van der Waals surface area (Å²) >= 11 is 0. The number of benzene rings is 2. The number of carbonyl (C=O) groups excluding carboxylic acids is 1. The van der Waals surface area contributed by atoms with E-state index in [1.165, 1.54) is 4.90 Å². The van der Waals surface area contributed by atoms with E-state index in [-0.39, 0.29) is 17.1 Å². The van der Waals surface area contributed by atoms with Crippen molar-refractivity contribution < 1.29 is 18.8 Å². The summed E-state index contributed by atoms with van der Waals surface area (Å²) in [6.45, 7) is 10.7. The van der Waals surface area contributed by atoms with Crippen LogP contribution in [0.1, 0.15) is 61.3 Å². The van der Waals surface area contributed by atoms with E-state index in [9.17, 15) is 9.59 Å². The van der Waals surface area contributed by atoms with Gasteiger partial charge < -0.3 is 19.0 Å². The fraction of sp³-hybridized carbons (Fsp3) is 0.407. The second-order valence-corrected chi connectivity index (χ2v) is 8.55. The van der Waals surface area contributed by atoms with E-state index >= 15 is 0 Å². The number of quaternary nitrogens is 1. The number of para-hydroxylation sites is 1. The number of amides is 1. The van der Waals surface area contributed by atoms with Crippen LogP contribution in [0.5, 0.6) is 5.75 Å². The molecule has 0 fully saturated rings. The normalized spacial score (nSPS) is 15.5. The fourth-order valence-electron chi connectivity index (χ4n) is 4.61. The quantitative estimate of drug-likeness (QED) is 0.515. The molecule has 0 spiro atoms. The van der Waals surface area contributed by atoms with E-state index in [1.54, 1.807) is 17.0 Å². The number of hydrogen-bond acceptors (Lipinski definition) is 4. The van der Waals surface area contributed by atoms with Crippen molar-refractivity contribution in [3.63, 3.8) is 0 Å². The molecular weight excluding hydrogens is 416 g/mol. The van der Waals surface area contributed by atoms with Gasteiger partial charge in [0.1, 0.15) is 11.3 Å². The van der Waals surface area contributed by atoms with Gasteiger partial charge in [-0.15, -0.1) is 0 Å². The highest BCUT2D eigenvalue weighted by atomic mass is 16.5. The van der Waals surface area contributed by atoms with Crippen LogP contribution in [0.2, 0.25) is 0 Å². The lowest BCUT2D eigenvalue weighted by atomic mass is 9.98. The summed E-state index contributed by atoms with van der Waals surface area (Å²) in [6, 6.07) is 14.4. The van der Waals surface area contributed by atoms with Gasteiger partial charge >= 0.3 is 0 Å². The molecule has 0 saturated heterocycles. The maximum atomic E-state index is 13.5. The first-order valence-corrected chi connectivity index (χ1v) is 12.0. The van der Waals surface area contributed by atoms with Crippen molar-refractivity contribution in [3.8, 4) is 5.75 Å². The summed E-state index contributed by atoms with van der Waals surface area (Å²) in [6.07, 6.45) is 1.79. The molecular formula is C27H33N2O4+. The molecule has 2 aromatic carbocycles. The molecule has 1 N–H and O–H groups in total. The third-order valence-corrected chi connectivity index (χ3v) is 6.47. The van der Waals surface area contributed by atoms with Crippen LogP contribution in [0.4, 0.5) is 0 Å². The molecule has 1 aromatic heterocycles. The van der Waals surface area contributed by atoms with Gasteiger partial charge in [-0.3, -0.25) is 9.59 Å². The lowest BCUT2D eigenvalue weighted by molar-refractivity contribution is -0.896. The van der Waals surface area contributed by atoms with Gasteiger partial charge in [-0.05, 0) is 50.1 Å². The van der Waals surface area contributed by atoms with Crippen molar-refractivity contribution >= 4 is 16.9 Å². The van der Waals surface area contributed by atoms with Crippen LogP contribution in [-0.4, -0.2) is 43.6 Å². The average Bonchev–Trinajstić information content (AvgIpc) is 3.12. The monoisotopic (exact) mass is 449 g/mol. The third kappa shape index (κ3) is 4.53. The number of rotatable bonds is 10. The van der Waals surface area contributed by atoms with Crippen LogP contribution in [-0.2, 0) is 0 Å². The zero-order valence-corrected chi connectivity index (χ0v) is 19.7. The summed E-state index contributed by atoms with van der Waals surface area (Å²) in [5.74, 6) is 0.747. The van der Waals surface area contributed by atoms with Crippen molar-refractivity contribution in [2.45, 2.75) is 39.7 Å². The number of fused-ring (bicyclic) bond motifs is 2. The molecule has 0 saturated carbocycles. The zero-order valence-electron chi connectivity index (χ0n) is 19.7. The van der Waals surface area contributed by atoms with E-state index in [0.717, 1.165) is 43.8 Å². The van der Waals surface area contributed by atoms with Crippen LogP contribution in [0, 0.1) is 0 Å². The molecule has 0 bridgehead atoms. The Morgan fingerprint density at radius 3 is 2.42 bits per heavy atom. The van der Waals surface area contributed by atoms with Crippen molar-refractivity contribution in [2.24, 2.45) is 0 Å². The smallest absolute Gasteiger partial charge is 0.290 e. The largest absolute Gasteiger partial charge is 0.494 e. The first-order valence-electron chi connectivity index (χ1n) is 12.0. The Bertz CT molecular complexity index is 1160. The van der Waals surface area contributed by atoms with Gasteiger partial charge in [0, 0.05) is 13.0 Å². The fourth-order valence-corrected chi connectivity index (χ4v) is 4.61. The number of nitrogens with zero attached hydrogens (tertiary/aromatic N) is 1. The molecule has 6 nitrogen and oxygen atoms in total. The molecule has 1 atom stereocenters. The zero-order chi connectivity index (χ0) is 23.4. The lowest BCUT2D eigenvalue weighted by Crippen LogP contribution is -3.11. The third-order valence-electron chi connectivity index (χ3n) is 6.47. The number of nitrogens with one attached hydrogen (secondary N) is 1. The summed E-state index contributed by atoms with van der Waals surface area (Å²) in [4.78, 5) is 30.3. The highest BCUT2D eigenvalue weighted by Crippen LogP contribution is 2.38. The molecule has 0 aliphatic carbocycles. The van der Waals surface area contributed by atoms with Crippen LogP contribution < -0.4 is 15.1 Å². The molecule has 4 rings (SSSR count). The molecule has 33 heavy (non-hydrogen) atoms. The summed E-state index contributed by atoms with van der Waals surface area (Å²) < 4.78 is 11.7. The first kappa shape index (κ1) is 23.1. The number of ether oxygens (including phenoxy) is 1. The topological polar surface area (TPSA) is 64.2 Å². The minimum Gasteiger partial charge on any atom is -0.494 e. The second-order valence-electron chi connectivity index (χ2n) is 8.55. The number of carbonyl (C=O) groups is 1. The SMILES string of the molecule is CCCOc1ccc([C@@H]2c3c(oc4ccccc4c3=O)C(=O)N2CCC[NH+](CC)CC)cc1. The van der Waals surface area contributed by atoms with Gasteiger partial charge in [0.2, 0.25) is 5.76 Å². The van der Waals surface area contributed by atoms with Crippen molar-refractivity contribution in [3.05, 3.63) is 75.6 Å². The predicted octanol–water partition coefficient (Wildman–Crippen LogP) is 3.44. The summed E-state index contributed by atoms with van der Waals surface area (Å²) in [5.41, 5.74) is 1.65. The molecule has 0 unspecified atom stereocenters. The maximum absolute atomic E-state index is 13.5. The van der Waals surface area contributed by atoms with E-state index < -0.39 is 6.04 Å². The van der Waals surface area contributed by atoms with E-state index in [1.807, 2.05) is 36.4 Å². The van der Waals surface area contributed by atoms with E-state index in [2.05, 4.69) is 20.8 Å². The summed E-state index contributed by atoms with van der Waals surface area (Å²) in [7, 11) is 0. The Labute approximate surface area is 194 Å². The molecule has 0 radical (unpaired) electrons. The predicted molar refractivity (Wildman–Crippen MR) is 129 cm³/mol. The standard InChI is InChI=1S/C27H32N2O4/c1-4-18-32-20-14-12-19(13-15-20)24-23-25(30)21-10-7-8-11-22(21)33-26(23)27(31)29(24)17-9-16-28(5-2)6-3/h7-8,10-15,24H,4-6,9,16-18H2,1-3H3/p+1/t24-/m1/s1. The van der Waals surface area contributed by atoms with Crippen molar-refractivity contribution in [1.29, 1.82) is 0 Å². The highest BCUT2D eigenvalue weighted by Gasteiger charge is 2.42. The molecule has 1 aliphatic heterocycles. The maximum Gasteiger partial charge on any atom is 0.290 e. The Balaban J connectivity index is 1.73. The minimum absolute atomic E-state index is 0.131. The molecule has 3 aromatic rings. The first-order chi connectivity index (χ1) is 16.1. The van der Waals surface area contributed by atoms with Gasteiger partial charge in [0.25, 0.3) is 5.91 Å². The Morgan fingerprint density at radius 2 is 1.73 bits per heavy atom. The Kier molecular flexibility index (Phi) is 7.14. The molecule has 6 heteroatoms.